The Morgan fingerprint density at radius 3 is 2.83 bits per heavy atom. The van der Waals surface area contributed by atoms with Crippen LogP contribution in [0.2, 0.25) is 0 Å². The lowest BCUT2D eigenvalue weighted by molar-refractivity contribution is 0.300. The molecule has 1 N–H and O–H groups in total. The van der Waals surface area contributed by atoms with Crippen molar-refractivity contribution in [2.24, 2.45) is 0 Å². The molecule has 1 aromatic heterocycles. The summed E-state index contributed by atoms with van der Waals surface area (Å²) in [6, 6.07) is 4.01. The first kappa shape index (κ1) is 9.55. The normalized spacial score (nSPS) is 12.9. The van der Waals surface area contributed by atoms with Crippen LogP contribution < -0.4 is 0 Å². The van der Waals surface area contributed by atoms with E-state index in [1.165, 1.54) is 0 Å². The Labute approximate surface area is 77.0 Å². The molecule has 0 aliphatic heterocycles. The molecule has 1 unspecified atom stereocenters. The molecule has 0 radical (unpaired) electrons. The first-order valence-electron chi connectivity index (χ1n) is 3.92. The lowest BCUT2D eigenvalue weighted by Gasteiger charge is -2.05. The van der Waals surface area contributed by atoms with Gasteiger partial charge in [-0.25, -0.2) is 4.98 Å². The molecule has 1 heterocycles. The van der Waals surface area contributed by atoms with E-state index in [1.807, 2.05) is 32.2 Å². The molecule has 0 fully saturated rings. The monoisotopic (exact) mass is 183 g/mol. The Morgan fingerprint density at radius 2 is 2.33 bits per heavy atom. The summed E-state index contributed by atoms with van der Waals surface area (Å²) in [5.41, 5.74) is 1.16. The van der Waals surface area contributed by atoms with Crippen molar-refractivity contribution in [3.05, 3.63) is 23.9 Å². The molecule has 1 aromatic rings. The predicted octanol–water partition coefficient (Wildman–Crippen LogP) is 1.86. The van der Waals surface area contributed by atoms with Gasteiger partial charge in [0, 0.05) is 11.4 Å². The number of nitrogens with zero attached hydrogens (tertiary/aromatic N) is 1. The predicted molar refractivity (Wildman–Crippen MR) is 51.4 cm³/mol. The van der Waals surface area contributed by atoms with Gasteiger partial charge in [0.1, 0.15) is 0 Å². The molecule has 0 bridgehead atoms. The molecule has 3 heteroatoms. The first-order valence-corrected chi connectivity index (χ1v) is 4.80. The molecule has 0 amide bonds. The Hall–Kier alpha value is -0.540. The zero-order valence-corrected chi connectivity index (χ0v) is 8.14. The van der Waals surface area contributed by atoms with Crippen LogP contribution in [0.4, 0.5) is 0 Å². The topological polar surface area (TPSA) is 33.1 Å². The number of hydrogen-bond donors (Lipinski definition) is 1. The summed E-state index contributed by atoms with van der Waals surface area (Å²) in [6.45, 7) is 4.18. The second-order valence-corrected chi connectivity index (χ2v) is 4.24. The van der Waals surface area contributed by atoms with Gasteiger partial charge in [0.15, 0.2) is 0 Å². The number of aliphatic hydroxyl groups is 1. The summed E-state index contributed by atoms with van der Waals surface area (Å²) in [5, 5.41) is 10.00. The van der Waals surface area contributed by atoms with Crippen LogP contribution in [0.25, 0.3) is 0 Å². The Kier molecular flexibility index (Phi) is 3.56. The number of hydrogen-bond acceptors (Lipinski definition) is 3. The standard InChI is InChI=1S/C9H13NOS/c1-7-3-4-9(10-5-7)12-8(2)6-11/h3-5,8,11H,6H2,1-2H3. The van der Waals surface area contributed by atoms with Crippen molar-refractivity contribution in [1.29, 1.82) is 0 Å². The SMILES string of the molecule is Cc1ccc(SC(C)CO)nc1. The first-order chi connectivity index (χ1) is 5.72. The van der Waals surface area contributed by atoms with Gasteiger partial charge in [-0.05, 0) is 18.6 Å². The molecular weight excluding hydrogens is 170 g/mol. The number of aliphatic hydroxyl groups excluding tert-OH is 1. The number of rotatable bonds is 3. The average molecular weight is 183 g/mol. The van der Waals surface area contributed by atoms with Crippen LogP contribution in [0.1, 0.15) is 12.5 Å². The van der Waals surface area contributed by atoms with Gasteiger partial charge in [0.25, 0.3) is 0 Å². The highest BCUT2D eigenvalue weighted by atomic mass is 32.2. The van der Waals surface area contributed by atoms with Gasteiger partial charge >= 0.3 is 0 Å². The minimum absolute atomic E-state index is 0.195. The van der Waals surface area contributed by atoms with E-state index in [2.05, 4.69) is 4.98 Å². The van der Waals surface area contributed by atoms with Crippen molar-refractivity contribution in [1.82, 2.24) is 4.98 Å². The van der Waals surface area contributed by atoms with Crippen molar-refractivity contribution in [2.45, 2.75) is 24.1 Å². The van der Waals surface area contributed by atoms with Gasteiger partial charge in [0.2, 0.25) is 0 Å². The zero-order valence-electron chi connectivity index (χ0n) is 7.32. The van der Waals surface area contributed by atoms with Gasteiger partial charge < -0.3 is 5.11 Å². The lowest BCUT2D eigenvalue weighted by Crippen LogP contribution is -2.01. The number of thioether (sulfide) groups is 1. The second kappa shape index (κ2) is 4.48. The molecular formula is C9H13NOS. The third-order valence-electron chi connectivity index (χ3n) is 1.46. The van der Waals surface area contributed by atoms with Crippen LogP contribution in [-0.4, -0.2) is 21.9 Å². The largest absolute Gasteiger partial charge is 0.395 e. The number of aryl methyl sites for hydroxylation is 1. The third kappa shape index (κ3) is 2.83. The van der Waals surface area contributed by atoms with E-state index >= 15 is 0 Å². The highest BCUT2D eigenvalue weighted by Crippen LogP contribution is 2.20. The molecule has 12 heavy (non-hydrogen) atoms. The van der Waals surface area contributed by atoms with Crippen LogP contribution in [-0.2, 0) is 0 Å². The van der Waals surface area contributed by atoms with Crippen molar-refractivity contribution in [2.75, 3.05) is 6.61 Å². The molecule has 0 aliphatic carbocycles. The molecule has 0 aliphatic rings. The number of pyridine rings is 1. The number of aromatic nitrogens is 1. The van der Waals surface area contributed by atoms with Gasteiger partial charge in [-0.1, -0.05) is 13.0 Å². The van der Waals surface area contributed by atoms with Crippen molar-refractivity contribution < 1.29 is 5.11 Å². The Morgan fingerprint density at radius 1 is 1.58 bits per heavy atom. The Balaban J connectivity index is 2.58. The summed E-state index contributed by atoms with van der Waals surface area (Å²) in [6.07, 6.45) is 1.84. The van der Waals surface area contributed by atoms with E-state index in [4.69, 9.17) is 5.11 Å². The summed E-state index contributed by atoms with van der Waals surface area (Å²) < 4.78 is 0. The molecule has 0 saturated carbocycles. The van der Waals surface area contributed by atoms with Gasteiger partial charge in [-0.2, -0.15) is 0 Å². The molecule has 2 nitrogen and oxygen atoms in total. The fourth-order valence-electron chi connectivity index (χ4n) is 0.767. The zero-order chi connectivity index (χ0) is 8.97. The van der Waals surface area contributed by atoms with Gasteiger partial charge in [-0.3, -0.25) is 0 Å². The van der Waals surface area contributed by atoms with Crippen molar-refractivity contribution in [3.8, 4) is 0 Å². The van der Waals surface area contributed by atoms with Crippen molar-refractivity contribution >= 4 is 11.8 Å². The van der Waals surface area contributed by atoms with Crippen molar-refractivity contribution in [3.63, 3.8) is 0 Å². The highest BCUT2D eigenvalue weighted by molar-refractivity contribution is 7.99. The van der Waals surface area contributed by atoms with Crippen LogP contribution in [0, 0.1) is 6.92 Å². The molecule has 0 spiro atoms. The fourth-order valence-corrected chi connectivity index (χ4v) is 1.51. The summed E-state index contributed by atoms with van der Waals surface area (Å²) in [4.78, 5) is 4.22. The van der Waals surface area contributed by atoms with E-state index in [1.54, 1.807) is 11.8 Å². The van der Waals surface area contributed by atoms with E-state index in [-0.39, 0.29) is 11.9 Å². The average Bonchev–Trinajstić information content (AvgIpc) is 2.09. The van der Waals surface area contributed by atoms with E-state index in [0.29, 0.717) is 0 Å². The maximum absolute atomic E-state index is 8.80. The van der Waals surface area contributed by atoms with Gasteiger partial charge in [0.05, 0.1) is 11.6 Å². The summed E-state index contributed by atoms with van der Waals surface area (Å²) in [5.74, 6) is 0. The molecule has 66 valence electrons. The van der Waals surface area contributed by atoms with Crippen LogP contribution in [0.15, 0.2) is 23.4 Å². The van der Waals surface area contributed by atoms with Crippen LogP contribution in [0.3, 0.4) is 0 Å². The van der Waals surface area contributed by atoms with Gasteiger partial charge in [-0.15, -0.1) is 11.8 Å². The van der Waals surface area contributed by atoms with E-state index < -0.39 is 0 Å². The van der Waals surface area contributed by atoms with Crippen LogP contribution in [0.5, 0.6) is 0 Å². The summed E-state index contributed by atoms with van der Waals surface area (Å²) in [7, 11) is 0. The smallest absolute Gasteiger partial charge is 0.0963 e. The molecule has 0 aromatic carbocycles. The third-order valence-corrected chi connectivity index (χ3v) is 2.50. The highest BCUT2D eigenvalue weighted by Gasteiger charge is 2.02. The maximum Gasteiger partial charge on any atom is 0.0963 e. The fraction of sp³-hybridized carbons (Fsp3) is 0.444. The molecule has 0 saturated heterocycles. The maximum atomic E-state index is 8.80. The minimum Gasteiger partial charge on any atom is -0.395 e. The summed E-state index contributed by atoms with van der Waals surface area (Å²) >= 11 is 1.59. The molecule has 1 atom stereocenters. The Bertz CT molecular complexity index is 235. The van der Waals surface area contributed by atoms with E-state index in [0.717, 1.165) is 10.6 Å². The molecule has 1 rings (SSSR count). The minimum atomic E-state index is 0.195. The lowest BCUT2D eigenvalue weighted by atomic mass is 10.3. The van der Waals surface area contributed by atoms with Crippen LogP contribution >= 0.6 is 11.8 Å². The second-order valence-electron chi connectivity index (χ2n) is 2.78. The quantitative estimate of drug-likeness (QED) is 0.726. The van der Waals surface area contributed by atoms with E-state index in [9.17, 15) is 0 Å².